The molecule has 0 atom stereocenters. The molecule has 0 aromatic rings. The van der Waals surface area contributed by atoms with Gasteiger partial charge < -0.3 is 23.5 Å². The highest BCUT2D eigenvalue weighted by Crippen LogP contribution is 2.29. The van der Waals surface area contributed by atoms with E-state index in [2.05, 4.69) is 5.32 Å². The Bertz CT molecular complexity index is 428. The highest BCUT2D eigenvalue weighted by molar-refractivity contribution is 6.60. The largest absolute Gasteiger partial charge is 0.500 e. The maximum Gasteiger partial charge on any atom is 0.500 e. The molecule has 0 aromatic carbocycles. The minimum absolute atomic E-state index is 0.0436. The molecule has 2 amide bonds. The van der Waals surface area contributed by atoms with Gasteiger partial charge in [-0.3, -0.25) is 9.59 Å². The fraction of sp³-hybridized carbons (Fsp3) is 0.875. The Hall–Kier alpha value is -0.963. The second-order valence-corrected chi connectivity index (χ2v) is 10.0. The summed E-state index contributed by atoms with van der Waals surface area (Å²) < 4.78 is 16.3. The van der Waals surface area contributed by atoms with Crippen LogP contribution in [0, 0.1) is 0 Å². The van der Waals surface area contributed by atoms with Crippen LogP contribution in [0.5, 0.6) is 0 Å². The molecule has 142 valence electrons. The van der Waals surface area contributed by atoms with Gasteiger partial charge in [-0.05, 0) is 34.1 Å². The number of nitrogens with one attached hydrogen (secondary N) is 1. The zero-order chi connectivity index (χ0) is 19.2. The Morgan fingerprint density at radius 3 is 1.79 bits per heavy atom. The number of nitrogens with zero attached hydrogens (tertiary/aromatic N) is 1. The van der Waals surface area contributed by atoms with Crippen molar-refractivity contribution >= 4 is 20.6 Å². The van der Waals surface area contributed by atoms with E-state index in [-0.39, 0.29) is 11.8 Å². The number of carbonyl (C=O) groups excluding carboxylic acids is 2. The molecular formula is C16H34N2O5Si. The van der Waals surface area contributed by atoms with E-state index < -0.39 is 19.9 Å². The average Bonchev–Trinajstić information content (AvgIpc) is 2.46. The van der Waals surface area contributed by atoms with E-state index in [0.29, 0.717) is 19.0 Å². The smallest absolute Gasteiger partial charge is 0.377 e. The highest BCUT2D eigenvalue weighted by Gasteiger charge is 2.44. The van der Waals surface area contributed by atoms with Gasteiger partial charge in [0.15, 0.2) is 0 Å². The van der Waals surface area contributed by atoms with Crippen molar-refractivity contribution in [2.75, 3.05) is 27.9 Å². The first-order valence-electron chi connectivity index (χ1n) is 8.11. The van der Waals surface area contributed by atoms with Crippen molar-refractivity contribution < 1.29 is 22.9 Å². The first kappa shape index (κ1) is 23.0. The van der Waals surface area contributed by atoms with E-state index >= 15 is 0 Å². The first-order valence-corrected chi connectivity index (χ1v) is 10.0. The summed E-state index contributed by atoms with van der Waals surface area (Å²) in [5.41, 5.74) is -1.15. The second kappa shape index (κ2) is 8.94. The Morgan fingerprint density at radius 1 is 1.00 bits per heavy atom. The molecule has 0 unspecified atom stereocenters. The van der Waals surface area contributed by atoms with Gasteiger partial charge in [-0.1, -0.05) is 0 Å². The molecule has 8 heteroatoms. The molecule has 24 heavy (non-hydrogen) atoms. The Morgan fingerprint density at radius 2 is 1.46 bits per heavy atom. The first-order chi connectivity index (χ1) is 10.9. The van der Waals surface area contributed by atoms with Gasteiger partial charge in [-0.25, -0.2) is 0 Å². The van der Waals surface area contributed by atoms with Gasteiger partial charge in [-0.15, -0.1) is 0 Å². The standard InChI is InChI=1S/C16H34N2O5Si/c1-13(19)17-15(3,4)16(5,6)18(14(2)20)11-10-12-24(21-7,22-8)23-9/h10-12H2,1-9H3,(H,17,19). The molecular weight excluding hydrogens is 328 g/mol. The van der Waals surface area contributed by atoms with Crippen molar-refractivity contribution in [1.29, 1.82) is 0 Å². The Labute approximate surface area is 147 Å². The van der Waals surface area contributed by atoms with Gasteiger partial charge >= 0.3 is 8.80 Å². The quantitative estimate of drug-likeness (QED) is 0.600. The van der Waals surface area contributed by atoms with Crippen molar-refractivity contribution in [3.05, 3.63) is 0 Å². The van der Waals surface area contributed by atoms with Crippen molar-refractivity contribution in [2.24, 2.45) is 0 Å². The Kier molecular flexibility index (Phi) is 8.58. The van der Waals surface area contributed by atoms with E-state index in [1.54, 1.807) is 33.2 Å². The van der Waals surface area contributed by atoms with Crippen LogP contribution < -0.4 is 5.32 Å². The third kappa shape index (κ3) is 5.54. The molecule has 0 aromatic heterocycles. The van der Waals surface area contributed by atoms with Gasteiger partial charge in [0.25, 0.3) is 0 Å². The van der Waals surface area contributed by atoms with Crippen LogP contribution in [0.3, 0.4) is 0 Å². The molecule has 0 bridgehead atoms. The molecule has 0 saturated carbocycles. The topological polar surface area (TPSA) is 77.1 Å². The average molecular weight is 363 g/mol. The summed E-state index contributed by atoms with van der Waals surface area (Å²) in [7, 11) is 2.07. The molecule has 0 spiro atoms. The van der Waals surface area contributed by atoms with Crippen LogP contribution in [0.4, 0.5) is 0 Å². The maximum atomic E-state index is 12.2. The van der Waals surface area contributed by atoms with Gasteiger partial charge in [0.1, 0.15) is 0 Å². The number of amides is 2. The van der Waals surface area contributed by atoms with Crippen molar-refractivity contribution in [1.82, 2.24) is 10.2 Å². The van der Waals surface area contributed by atoms with Crippen LogP contribution in [0.1, 0.15) is 48.0 Å². The molecule has 0 radical (unpaired) electrons. The molecule has 0 aliphatic heterocycles. The molecule has 0 heterocycles. The van der Waals surface area contributed by atoms with Gasteiger partial charge in [0.2, 0.25) is 11.8 Å². The summed E-state index contributed by atoms with van der Waals surface area (Å²) >= 11 is 0. The Balaban J connectivity index is 5.17. The lowest BCUT2D eigenvalue weighted by Crippen LogP contribution is -2.66. The van der Waals surface area contributed by atoms with Crippen LogP contribution in [-0.2, 0) is 22.9 Å². The molecule has 7 nitrogen and oxygen atoms in total. The molecule has 1 N–H and O–H groups in total. The van der Waals surface area contributed by atoms with E-state index in [0.717, 1.165) is 0 Å². The predicted molar refractivity (Wildman–Crippen MR) is 95.6 cm³/mol. The fourth-order valence-electron chi connectivity index (χ4n) is 2.77. The van der Waals surface area contributed by atoms with Gasteiger partial charge in [0, 0.05) is 47.8 Å². The minimum Gasteiger partial charge on any atom is -0.377 e. The molecule has 0 aliphatic carbocycles. The van der Waals surface area contributed by atoms with E-state index in [9.17, 15) is 9.59 Å². The molecule has 0 saturated heterocycles. The van der Waals surface area contributed by atoms with Gasteiger partial charge in [0.05, 0.1) is 11.1 Å². The predicted octanol–water partition coefficient (Wildman–Crippen LogP) is 1.80. The lowest BCUT2D eigenvalue weighted by Gasteiger charge is -2.49. The van der Waals surface area contributed by atoms with Crippen molar-refractivity contribution in [3.8, 4) is 0 Å². The van der Waals surface area contributed by atoms with Gasteiger partial charge in [-0.2, -0.15) is 0 Å². The van der Waals surface area contributed by atoms with Crippen LogP contribution in [0.15, 0.2) is 0 Å². The third-order valence-electron chi connectivity index (χ3n) is 4.87. The van der Waals surface area contributed by atoms with Crippen LogP contribution >= 0.6 is 0 Å². The summed E-state index contributed by atoms with van der Waals surface area (Å²) in [5.74, 6) is -0.168. The fourth-order valence-corrected chi connectivity index (χ4v) is 4.47. The lowest BCUT2D eigenvalue weighted by atomic mass is 9.80. The summed E-state index contributed by atoms with van der Waals surface area (Å²) in [6, 6.07) is 0.608. The number of hydrogen-bond acceptors (Lipinski definition) is 5. The third-order valence-corrected chi connectivity index (χ3v) is 7.70. The summed E-state index contributed by atoms with van der Waals surface area (Å²) in [6.45, 7) is 11.3. The van der Waals surface area contributed by atoms with Crippen molar-refractivity contribution in [2.45, 2.75) is 65.1 Å². The van der Waals surface area contributed by atoms with Crippen LogP contribution in [0.25, 0.3) is 0 Å². The number of rotatable bonds is 10. The zero-order valence-corrected chi connectivity index (χ0v) is 17.6. The minimum atomic E-state index is -2.66. The monoisotopic (exact) mass is 362 g/mol. The van der Waals surface area contributed by atoms with Crippen LogP contribution in [0.2, 0.25) is 6.04 Å². The van der Waals surface area contributed by atoms with Crippen molar-refractivity contribution in [3.63, 3.8) is 0 Å². The highest BCUT2D eigenvalue weighted by atomic mass is 28.4. The zero-order valence-electron chi connectivity index (χ0n) is 16.6. The van der Waals surface area contributed by atoms with E-state index in [1.165, 1.54) is 6.92 Å². The molecule has 0 aliphatic rings. The molecule has 0 fully saturated rings. The summed E-state index contributed by atoms with van der Waals surface area (Å²) in [4.78, 5) is 25.5. The normalized spacial score (nSPS) is 12.9. The SMILES string of the molecule is CO[Si](CCCN(C(C)=O)C(C)(C)C(C)(C)NC(C)=O)(OC)OC. The van der Waals surface area contributed by atoms with E-state index in [4.69, 9.17) is 13.3 Å². The van der Waals surface area contributed by atoms with E-state index in [1.807, 2.05) is 27.7 Å². The maximum absolute atomic E-state index is 12.2. The second-order valence-electron chi connectivity index (χ2n) is 6.93. The number of hydrogen-bond donors (Lipinski definition) is 1. The van der Waals surface area contributed by atoms with Crippen LogP contribution in [-0.4, -0.2) is 64.5 Å². The summed E-state index contributed by atoms with van der Waals surface area (Å²) in [5, 5.41) is 2.94. The molecule has 0 rings (SSSR count). The summed E-state index contributed by atoms with van der Waals surface area (Å²) in [6.07, 6.45) is 0.681. The lowest BCUT2D eigenvalue weighted by molar-refractivity contribution is -0.139. The number of carbonyl (C=O) groups is 2.